The lowest BCUT2D eigenvalue weighted by atomic mass is 9.84. The molecule has 27 heavy (non-hydrogen) atoms. The first-order valence-corrected chi connectivity index (χ1v) is 8.72. The fourth-order valence-corrected chi connectivity index (χ4v) is 2.78. The van der Waals surface area contributed by atoms with Gasteiger partial charge >= 0.3 is 6.03 Å². The zero-order valence-electron chi connectivity index (χ0n) is 16.5. The number of carbonyl (C=O) groups is 1. The number of nitrogens with one attached hydrogen (secondary N) is 1. The first-order valence-electron chi connectivity index (χ1n) is 8.72. The molecule has 0 unspecified atom stereocenters. The quantitative estimate of drug-likeness (QED) is 0.798. The van der Waals surface area contributed by atoms with Gasteiger partial charge in [0, 0.05) is 24.6 Å². The van der Waals surface area contributed by atoms with Crippen molar-refractivity contribution in [1.29, 1.82) is 0 Å². The molecule has 6 heteroatoms. The molecule has 0 fully saturated rings. The lowest BCUT2D eigenvalue weighted by Gasteiger charge is -2.27. The maximum Gasteiger partial charge on any atom is 0.317 e. The molecule has 146 valence electrons. The monoisotopic (exact) mass is 374 g/mol. The van der Waals surface area contributed by atoms with Crippen LogP contribution in [0, 0.1) is 5.82 Å². The number of urea groups is 1. The second-order valence-electron chi connectivity index (χ2n) is 7.09. The molecular formula is C21H27FN2O3. The third kappa shape index (κ3) is 5.36. The van der Waals surface area contributed by atoms with Crippen LogP contribution in [0.2, 0.25) is 0 Å². The van der Waals surface area contributed by atoms with E-state index in [9.17, 15) is 9.18 Å². The van der Waals surface area contributed by atoms with E-state index < -0.39 is 5.41 Å². The van der Waals surface area contributed by atoms with Crippen molar-refractivity contribution in [1.82, 2.24) is 10.2 Å². The number of nitrogens with zero attached hydrogens (tertiary/aromatic N) is 1. The molecule has 0 aliphatic heterocycles. The lowest BCUT2D eigenvalue weighted by Crippen LogP contribution is -2.42. The number of ether oxygens (including phenoxy) is 2. The molecule has 0 spiro atoms. The van der Waals surface area contributed by atoms with Crippen LogP contribution < -0.4 is 14.8 Å². The smallest absolute Gasteiger partial charge is 0.317 e. The van der Waals surface area contributed by atoms with E-state index in [1.54, 1.807) is 32.2 Å². The minimum absolute atomic E-state index is 0.218. The maximum atomic E-state index is 13.5. The highest BCUT2D eigenvalue weighted by atomic mass is 19.1. The first kappa shape index (κ1) is 20.6. The molecule has 2 aromatic rings. The number of hydrogen-bond donors (Lipinski definition) is 1. The minimum Gasteiger partial charge on any atom is -0.497 e. The molecule has 2 rings (SSSR count). The van der Waals surface area contributed by atoms with Gasteiger partial charge in [0.05, 0.1) is 20.8 Å². The number of methoxy groups -OCH3 is 2. The van der Waals surface area contributed by atoms with Gasteiger partial charge in [0.1, 0.15) is 17.3 Å². The van der Waals surface area contributed by atoms with Gasteiger partial charge in [-0.1, -0.05) is 26.0 Å². The van der Waals surface area contributed by atoms with Crippen LogP contribution in [0.3, 0.4) is 0 Å². The summed E-state index contributed by atoms with van der Waals surface area (Å²) in [6, 6.07) is 11.7. The molecule has 0 aromatic heterocycles. The molecule has 0 heterocycles. The van der Waals surface area contributed by atoms with Crippen LogP contribution in [0.1, 0.15) is 25.0 Å². The van der Waals surface area contributed by atoms with Crippen molar-refractivity contribution in [3.63, 3.8) is 0 Å². The van der Waals surface area contributed by atoms with E-state index in [1.807, 2.05) is 38.1 Å². The normalized spacial score (nSPS) is 11.0. The third-order valence-corrected chi connectivity index (χ3v) is 4.53. The highest BCUT2D eigenvalue weighted by Crippen LogP contribution is 2.25. The van der Waals surface area contributed by atoms with Crippen LogP contribution in [0.4, 0.5) is 9.18 Å². The molecule has 0 atom stereocenters. The van der Waals surface area contributed by atoms with Crippen molar-refractivity contribution in [2.24, 2.45) is 0 Å². The average Bonchev–Trinajstić information content (AvgIpc) is 2.66. The molecular weight excluding hydrogens is 347 g/mol. The van der Waals surface area contributed by atoms with E-state index in [1.165, 1.54) is 12.1 Å². The van der Waals surface area contributed by atoms with Crippen molar-refractivity contribution < 1.29 is 18.7 Å². The number of halogens is 1. The Morgan fingerprint density at radius 1 is 1.15 bits per heavy atom. The molecule has 0 saturated carbocycles. The summed E-state index contributed by atoms with van der Waals surface area (Å²) >= 11 is 0. The summed E-state index contributed by atoms with van der Waals surface area (Å²) in [6.45, 7) is 4.68. The van der Waals surface area contributed by atoms with Gasteiger partial charge in [-0.2, -0.15) is 0 Å². The molecule has 5 nitrogen and oxygen atoms in total. The Hall–Kier alpha value is -2.76. The van der Waals surface area contributed by atoms with E-state index in [0.717, 1.165) is 11.1 Å². The predicted octanol–water partition coefficient (Wildman–Crippen LogP) is 3.96. The topological polar surface area (TPSA) is 50.8 Å². The van der Waals surface area contributed by atoms with Crippen molar-refractivity contribution >= 4 is 6.03 Å². The van der Waals surface area contributed by atoms with E-state index in [2.05, 4.69) is 5.32 Å². The van der Waals surface area contributed by atoms with Crippen LogP contribution in [-0.2, 0) is 12.0 Å². The first-order chi connectivity index (χ1) is 12.8. The van der Waals surface area contributed by atoms with Gasteiger partial charge in [-0.15, -0.1) is 0 Å². The van der Waals surface area contributed by atoms with Gasteiger partial charge in [0.2, 0.25) is 0 Å². The Balaban J connectivity index is 2.01. The molecule has 0 radical (unpaired) electrons. The van der Waals surface area contributed by atoms with Crippen LogP contribution in [0.25, 0.3) is 0 Å². The number of hydrogen-bond acceptors (Lipinski definition) is 3. The fourth-order valence-electron chi connectivity index (χ4n) is 2.78. The van der Waals surface area contributed by atoms with Crippen LogP contribution in [0.15, 0.2) is 42.5 Å². The highest BCUT2D eigenvalue weighted by Gasteiger charge is 2.23. The number of amides is 2. The molecule has 2 aromatic carbocycles. The van der Waals surface area contributed by atoms with Crippen molar-refractivity contribution in [3.05, 3.63) is 59.4 Å². The Morgan fingerprint density at radius 2 is 1.89 bits per heavy atom. The standard InChI is InChI=1S/C21H27FN2O3/c1-21(2,16-7-6-8-17(22)12-16)14-23-20(25)24(3)13-15-11-18(26-4)9-10-19(15)27-5/h6-12H,13-14H2,1-5H3,(H,23,25). The van der Waals surface area contributed by atoms with Crippen molar-refractivity contribution in [2.45, 2.75) is 25.8 Å². The van der Waals surface area contributed by atoms with E-state index in [4.69, 9.17) is 9.47 Å². The molecule has 1 N–H and O–H groups in total. The fraction of sp³-hybridized carbons (Fsp3) is 0.381. The zero-order chi connectivity index (χ0) is 20.0. The minimum atomic E-state index is -0.397. The molecule has 0 saturated heterocycles. The summed E-state index contributed by atoms with van der Waals surface area (Å²) in [5.41, 5.74) is 1.28. The second kappa shape index (κ2) is 8.75. The number of benzene rings is 2. The second-order valence-corrected chi connectivity index (χ2v) is 7.09. The Labute approximate surface area is 160 Å². The Morgan fingerprint density at radius 3 is 2.52 bits per heavy atom. The van der Waals surface area contributed by atoms with E-state index >= 15 is 0 Å². The van der Waals surface area contributed by atoms with Gasteiger partial charge in [0.15, 0.2) is 0 Å². The number of rotatable bonds is 7. The molecule has 0 aliphatic carbocycles. The van der Waals surface area contributed by atoms with Crippen molar-refractivity contribution in [2.75, 3.05) is 27.8 Å². The number of carbonyl (C=O) groups excluding carboxylic acids is 1. The van der Waals surface area contributed by atoms with Crippen LogP contribution in [-0.4, -0.2) is 38.7 Å². The molecule has 0 aliphatic rings. The van der Waals surface area contributed by atoms with Crippen LogP contribution >= 0.6 is 0 Å². The summed E-state index contributed by atoms with van der Waals surface area (Å²) in [5.74, 6) is 1.11. The summed E-state index contributed by atoms with van der Waals surface area (Å²) in [6.07, 6.45) is 0. The third-order valence-electron chi connectivity index (χ3n) is 4.53. The van der Waals surface area contributed by atoms with Crippen LogP contribution in [0.5, 0.6) is 11.5 Å². The summed E-state index contributed by atoms with van der Waals surface area (Å²) in [4.78, 5) is 14.1. The van der Waals surface area contributed by atoms with Gasteiger partial charge in [-0.05, 0) is 35.9 Å². The zero-order valence-corrected chi connectivity index (χ0v) is 16.5. The van der Waals surface area contributed by atoms with Gasteiger partial charge in [-0.3, -0.25) is 0 Å². The lowest BCUT2D eigenvalue weighted by molar-refractivity contribution is 0.204. The van der Waals surface area contributed by atoms with E-state index in [-0.39, 0.29) is 11.8 Å². The predicted molar refractivity (Wildman–Crippen MR) is 104 cm³/mol. The maximum absolute atomic E-state index is 13.5. The largest absolute Gasteiger partial charge is 0.497 e. The van der Waals surface area contributed by atoms with Gasteiger partial charge in [0.25, 0.3) is 0 Å². The average molecular weight is 374 g/mol. The highest BCUT2D eigenvalue weighted by molar-refractivity contribution is 5.74. The SMILES string of the molecule is COc1ccc(OC)c(CN(C)C(=O)NCC(C)(C)c2cccc(F)c2)c1. The Kier molecular flexibility index (Phi) is 6.66. The van der Waals surface area contributed by atoms with E-state index in [0.29, 0.717) is 24.6 Å². The molecule has 2 amide bonds. The van der Waals surface area contributed by atoms with Gasteiger partial charge < -0.3 is 19.7 Å². The summed E-state index contributed by atoms with van der Waals surface area (Å²) in [5, 5.41) is 2.92. The van der Waals surface area contributed by atoms with Gasteiger partial charge in [-0.25, -0.2) is 9.18 Å². The van der Waals surface area contributed by atoms with Crippen molar-refractivity contribution in [3.8, 4) is 11.5 Å². The summed E-state index contributed by atoms with van der Waals surface area (Å²) < 4.78 is 24.1. The summed E-state index contributed by atoms with van der Waals surface area (Å²) in [7, 11) is 4.90. The molecule has 0 bridgehead atoms. The Bertz CT molecular complexity index is 793.